The first-order valence-electron chi connectivity index (χ1n) is 7.32. The van der Waals surface area contributed by atoms with E-state index in [1.165, 1.54) is 4.90 Å². The van der Waals surface area contributed by atoms with Gasteiger partial charge >= 0.3 is 0 Å². The van der Waals surface area contributed by atoms with E-state index in [1.54, 1.807) is 17.0 Å². The second-order valence-corrected chi connectivity index (χ2v) is 6.42. The highest BCUT2D eigenvalue weighted by molar-refractivity contribution is 9.10. The molecule has 1 fully saturated rings. The monoisotopic (exact) mass is 367 g/mol. The smallest absolute Gasteiger partial charge is 0.265 e. The molecule has 0 saturated carbocycles. The number of rotatable bonds is 3. The fourth-order valence-electron chi connectivity index (χ4n) is 2.99. The molecule has 7 heteroatoms. The van der Waals surface area contributed by atoms with Gasteiger partial charge in [-0.2, -0.15) is 0 Å². The van der Waals surface area contributed by atoms with Crippen LogP contribution in [0.25, 0.3) is 0 Å². The Balaban J connectivity index is 1.80. The molecule has 2 heterocycles. The minimum atomic E-state index is -0.202. The van der Waals surface area contributed by atoms with Gasteiger partial charge in [0, 0.05) is 23.6 Å². The SMILES string of the molecule is NC[C@H]1CCCN1C(=O)CN1C(=O)COc2cc(Br)ccc21. The average molecular weight is 368 g/mol. The predicted octanol–water partition coefficient (Wildman–Crippen LogP) is 1.12. The number of nitrogens with two attached hydrogens (primary N) is 1. The average Bonchev–Trinajstić information content (AvgIpc) is 2.98. The number of amides is 2. The summed E-state index contributed by atoms with van der Waals surface area (Å²) in [6, 6.07) is 5.51. The van der Waals surface area contributed by atoms with Crippen LogP contribution < -0.4 is 15.4 Å². The molecule has 0 bridgehead atoms. The largest absolute Gasteiger partial charge is 0.482 e. The molecular weight excluding hydrogens is 350 g/mol. The fourth-order valence-corrected chi connectivity index (χ4v) is 3.33. The number of nitrogens with zero attached hydrogens (tertiary/aromatic N) is 2. The third kappa shape index (κ3) is 2.83. The van der Waals surface area contributed by atoms with Gasteiger partial charge in [-0.15, -0.1) is 0 Å². The highest BCUT2D eigenvalue weighted by Crippen LogP contribution is 2.34. The Bertz CT molecular complexity index is 608. The molecule has 0 spiro atoms. The van der Waals surface area contributed by atoms with Crippen molar-refractivity contribution in [1.82, 2.24) is 4.90 Å². The zero-order valence-electron chi connectivity index (χ0n) is 12.1. The minimum absolute atomic E-state index is 0.0350. The van der Waals surface area contributed by atoms with Crippen molar-refractivity contribution >= 4 is 33.4 Å². The molecule has 0 aliphatic carbocycles. The van der Waals surface area contributed by atoms with E-state index in [0.717, 1.165) is 17.3 Å². The maximum Gasteiger partial charge on any atom is 0.265 e. The van der Waals surface area contributed by atoms with E-state index in [2.05, 4.69) is 15.9 Å². The molecule has 2 aliphatic rings. The summed E-state index contributed by atoms with van der Waals surface area (Å²) >= 11 is 3.37. The van der Waals surface area contributed by atoms with Crippen LogP contribution in [0.5, 0.6) is 5.75 Å². The van der Waals surface area contributed by atoms with Crippen molar-refractivity contribution in [3.8, 4) is 5.75 Å². The molecule has 22 heavy (non-hydrogen) atoms. The summed E-state index contributed by atoms with van der Waals surface area (Å²) < 4.78 is 6.30. The summed E-state index contributed by atoms with van der Waals surface area (Å²) in [5, 5.41) is 0. The van der Waals surface area contributed by atoms with Crippen molar-refractivity contribution in [3.63, 3.8) is 0 Å². The Kier molecular flexibility index (Phi) is 4.35. The highest BCUT2D eigenvalue weighted by Gasteiger charge is 2.32. The Morgan fingerprint density at radius 3 is 3.05 bits per heavy atom. The first-order chi connectivity index (χ1) is 10.6. The third-order valence-corrected chi connectivity index (χ3v) is 4.62. The predicted molar refractivity (Wildman–Crippen MR) is 85.8 cm³/mol. The van der Waals surface area contributed by atoms with Gasteiger partial charge in [-0.1, -0.05) is 15.9 Å². The van der Waals surface area contributed by atoms with Crippen LogP contribution in [-0.2, 0) is 9.59 Å². The van der Waals surface area contributed by atoms with E-state index in [-0.39, 0.29) is 31.0 Å². The van der Waals surface area contributed by atoms with Crippen LogP contribution in [-0.4, -0.2) is 49.0 Å². The van der Waals surface area contributed by atoms with Gasteiger partial charge in [0.2, 0.25) is 5.91 Å². The maximum atomic E-state index is 12.5. The lowest BCUT2D eigenvalue weighted by Gasteiger charge is -2.31. The van der Waals surface area contributed by atoms with Crippen molar-refractivity contribution in [2.24, 2.45) is 5.73 Å². The van der Waals surface area contributed by atoms with E-state index in [0.29, 0.717) is 24.5 Å². The molecule has 3 rings (SSSR count). The van der Waals surface area contributed by atoms with Crippen molar-refractivity contribution in [2.75, 3.05) is 31.1 Å². The molecule has 0 radical (unpaired) electrons. The van der Waals surface area contributed by atoms with Gasteiger partial charge in [0.1, 0.15) is 12.3 Å². The Hall–Kier alpha value is -1.60. The van der Waals surface area contributed by atoms with Gasteiger partial charge in [-0.3, -0.25) is 14.5 Å². The van der Waals surface area contributed by atoms with Crippen molar-refractivity contribution in [3.05, 3.63) is 22.7 Å². The molecule has 1 aromatic rings. The Morgan fingerprint density at radius 1 is 1.45 bits per heavy atom. The van der Waals surface area contributed by atoms with Gasteiger partial charge in [-0.25, -0.2) is 0 Å². The summed E-state index contributed by atoms with van der Waals surface area (Å²) in [6.45, 7) is 1.17. The minimum Gasteiger partial charge on any atom is -0.482 e. The summed E-state index contributed by atoms with van der Waals surface area (Å²) in [5.41, 5.74) is 6.35. The quantitative estimate of drug-likeness (QED) is 0.868. The molecule has 118 valence electrons. The summed E-state index contributed by atoms with van der Waals surface area (Å²) in [5.74, 6) is 0.349. The zero-order valence-corrected chi connectivity index (χ0v) is 13.7. The van der Waals surface area contributed by atoms with Crippen LogP contribution in [0.15, 0.2) is 22.7 Å². The molecule has 2 aliphatic heterocycles. The normalized spacial score (nSPS) is 20.8. The van der Waals surface area contributed by atoms with Gasteiger partial charge in [0.15, 0.2) is 6.61 Å². The first-order valence-corrected chi connectivity index (χ1v) is 8.11. The van der Waals surface area contributed by atoms with Crippen LogP contribution >= 0.6 is 15.9 Å². The van der Waals surface area contributed by atoms with Gasteiger partial charge in [0.25, 0.3) is 5.91 Å². The summed E-state index contributed by atoms with van der Waals surface area (Å²) in [7, 11) is 0. The summed E-state index contributed by atoms with van der Waals surface area (Å²) in [4.78, 5) is 28.0. The standard InChI is InChI=1S/C15H18BrN3O3/c16-10-3-4-12-13(6-10)22-9-15(21)19(12)8-14(20)18-5-1-2-11(18)7-17/h3-4,6,11H,1-2,5,7-9,17H2/t11-/m1/s1. The zero-order chi connectivity index (χ0) is 15.7. The number of carbonyl (C=O) groups excluding carboxylic acids is 2. The Labute approximate surface area is 137 Å². The van der Waals surface area contributed by atoms with Crippen LogP contribution in [0.4, 0.5) is 5.69 Å². The van der Waals surface area contributed by atoms with Crippen LogP contribution in [0.1, 0.15) is 12.8 Å². The van der Waals surface area contributed by atoms with Gasteiger partial charge in [0.05, 0.1) is 5.69 Å². The van der Waals surface area contributed by atoms with Crippen molar-refractivity contribution in [1.29, 1.82) is 0 Å². The van der Waals surface area contributed by atoms with E-state index in [4.69, 9.17) is 10.5 Å². The second-order valence-electron chi connectivity index (χ2n) is 5.50. The molecule has 2 N–H and O–H groups in total. The lowest BCUT2D eigenvalue weighted by molar-refractivity contribution is -0.132. The van der Waals surface area contributed by atoms with E-state index >= 15 is 0 Å². The van der Waals surface area contributed by atoms with Crippen LogP contribution in [0.2, 0.25) is 0 Å². The molecule has 2 amide bonds. The van der Waals surface area contributed by atoms with Crippen LogP contribution in [0.3, 0.4) is 0 Å². The second kappa shape index (κ2) is 6.26. The molecule has 6 nitrogen and oxygen atoms in total. The maximum absolute atomic E-state index is 12.5. The molecular formula is C15H18BrN3O3. The number of hydrogen-bond acceptors (Lipinski definition) is 4. The number of hydrogen-bond donors (Lipinski definition) is 1. The summed E-state index contributed by atoms with van der Waals surface area (Å²) in [6.07, 6.45) is 1.90. The Morgan fingerprint density at radius 2 is 2.27 bits per heavy atom. The molecule has 0 aromatic heterocycles. The van der Waals surface area contributed by atoms with Crippen molar-refractivity contribution in [2.45, 2.75) is 18.9 Å². The van der Waals surface area contributed by atoms with E-state index in [1.807, 2.05) is 6.07 Å². The van der Waals surface area contributed by atoms with E-state index in [9.17, 15) is 9.59 Å². The number of halogens is 1. The van der Waals surface area contributed by atoms with Crippen molar-refractivity contribution < 1.29 is 14.3 Å². The fraction of sp³-hybridized carbons (Fsp3) is 0.467. The highest BCUT2D eigenvalue weighted by atomic mass is 79.9. The number of carbonyl (C=O) groups is 2. The lowest BCUT2D eigenvalue weighted by atomic mass is 10.2. The van der Waals surface area contributed by atoms with Gasteiger partial charge < -0.3 is 15.4 Å². The molecule has 1 aromatic carbocycles. The first kappa shape index (κ1) is 15.3. The lowest BCUT2D eigenvalue weighted by Crippen LogP contribution is -2.48. The molecule has 0 unspecified atom stereocenters. The number of ether oxygens (including phenoxy) is 1. The number of anilines is 1. The van der Waals surface area contributed by atoms with Gasteiger partial charge in [-0.05, 0) is 31.0 Å². The molecule has 1 saturated heterocycles. The topological polar surface area (TPSA) is 75.9 Å². The van der Waals surface area contributed by atoms with Crippen LogP contribution in [0, 0.1) is 0 Å². The molecule has 1 atom stereocenters. The van der Waals surface area contributed by atoms with E-state index < -0.39 is 0 Å². The number of fused-ring (bicyclic) bond motifs is 1. The third-order valence-electron chi connectivity index (χ3n) is 4.13. The number of benzene rings is 1. The number of likely N-dealkylation sites (tertiary alicyclic amines) is 1.